The number of nitrogens with one attached hydrogen (secondary N) is 2. The first-order valence-electron chi connectivity index (χ1n) is 6.41. The van der Waals surface area contributed by atoms with Crippen molar-refractivity contribution in [3.05, 3.63) is 33.9 Å². The highest BCUT2D eigenvalue weighted by atomic mass is 16.6. The van der Waals surface area contributed by atoms with Crippen molar-refractivity contribution in [2.24, 2.45) is 5.92 Å². The van der Waals surface area contributed by atoms with Gasteiger partial charge >= 0.3 is 0 Å². The van der Waals surface area contributed by atoms with Gasteiger partial charge in [-0.25, -0.2) is 0 Å². The second-order valence-corrected chi connectivity index (χ2v) is 5.02. The molecule has 2 N–H and O–H groups in total. The molecule has 2 atom stereocenters. The van der Waals surface area contributed by atoms with E-state index in [9.17, 15) is 24.5 Å². The largest absolute Gasteiger partial charge is 0.325 e. The lowest BCUT2D eigenvalue weighted by atomic mass is 9.81. The first kappa shape index (κ1) is 13.2. The molecule has 2 unspecified atom stereocenters. The van der Waals surface area contributed by atoms with Crippen LogP contribution in [-0.2, 0) is 14.4 Å². The minimum Gasteiger partial charge on any atom is -0.325 e. The number of nitro groups is 1. The summed E-state index contributed by atoms with van der Waals surface area (Å²) in [7, 11) is 0. The molecular formula is C13H11N3O5. The predicted molar refractivity (Wildman–Crippen MR) is 70.3 cm³/mol. The molecule has 0 aromatic heterocycles. The lowest BCUT2D eigenvalue weighted by molar-refractivity contribution is -0.385. The summed E-state index contributed by atoms with van der Waals surface area (Å²) in [6, 6.07) is 4.34. The van der Waals surface area contributed by atoms with Crippen LogP contribution in [0.1, 0.15) is 24.3 Å². The van der Waals surface area contributed by atoms with Gasteiger partial charge in [0.2, 0.25) is 17.7 Å². The molecule has 3 rings (SSSR count). The number of nitro benzene ring substituents is 1. The van der Waals surface area contributed by atoms with Gasteiger partial charge in [0, 0.05) is 12.5 Å². The number of carbonyl (C=O) groups is 3. The second kappa shape index (κ2) is 4.65. The minimum atomic E-state index is -0.935. The molecule has 0 saturated carbocycles. The smallest absolute Gasteiger partial charge is 0.275 e. The van der Waals surface area contributed by atoms with Crippen LogP contribution in [0.4, 0.5) is 11.4 Å². The fourth-order valence-corrected chi connectivity index (χ4v) is 2.90. The number of fused-ring (bicyclic) bond motifs is 1. The van der Waals surface area contributed by atoms with Gasteiger partial charge in [-0.15, -0.1) is 0 Å². The molecule has 0 aliphatic carbocycles. The van der Waals surface area contributed by atoms with Crippen LogP contribution < -0.4 is 10.6 Å². The average Bonchev–Trinajstić information content (AvgIpc) is 2.74. The zero-order valence-corrected chi connectivity index (χ0v) is 10.8. The summed E-state index contributed by atoms with van der Waals surface area (Å²) >= 11 is 0. The molecule has 0 spiro atoms. The molecule has 1 saturated heterocycles. The average molecular weight is 289 g/mol. The van der Waals surface area contributed by atoms with Gasteiger partial charge < -0.3 is 5.32 Å². The number of hydrogen-bond acceptors (Lipinski definition) is 5. The van der Waals surface area contributed by atoms with E-state index in [1.165, 1.54) is 12.1 Å². The van der Waals surface area contributed by atoms with E-state index in [-0.39, 0.29) is 24.1 Å². The Morgan fingerprint density at radius 3 is 2.57 bits per heavy atom. The minimum absolute atomic E-state index is 0.121. The van der Waals surface area contributed by atoms with Gasteiger partial charge in [0.1, 0.15) is 0 Å². The Balaban J connectivity index is 2.06. The normalized spacial score (nSPS) is 24.3. The molecule has 2 aliphatic heterocycles. The van der Waals surface area contributed by atoms with Gasteiger partial charge in [-0.3, -0.25) is 29.8 Å². The Kier molecular flexibility index (Phi) is 2.93. The molecular weight excluding hydrogens is 278 g/mol. The number of benzene rings is 1. The van der Waals surface area contributed by atoms with E-state index in [0.29, 0.717) is 5.69 Å². The molecule has 21 heavy (non-hydrogen) atoms. The molecule has 1 fully saturated rings. The first-order chi connectivity index (χ1) is 9.99. The van der Waals surface area contributed by atoms with E-state index in [0.717, 1.165) is 0 Å². The Hall–Kier alpha value is -2.77. The standard InChI is InChI=1S/C13H11N3O5/c17-9-5-4-6(12(18)15-9)10-11-7(14-13(10)19)2-1-3-8(11)16(20)21/h1-3,6,10H,4-5H2,(H,14,19)(H,15,17,18). The Morgan fingerprint density at radius 2 is 1.90 bits per heavy atom. The van der Waals surface area contributed by atoms with Crippen molar-refractivity contribution in [3.63, 3.8) is 0 Å². The van der Waals surface area contributed by atoms with Crippen LogP contribution in [0.5, 0.6) is 0 Å². The molecule has 3 amide bonds. The van der Waals surface area contributed by atoms with Gasteiger partial charge in [0.25, 0.3) is 5.69 Å². The number of rotatable bonds is 2. The predicted octanol–water partition coefficient (Wildman–Crippen LogP) is 0.683. The zero-order valence-electron chi connectivity index (χ0n) is 10.8. The molecule has 8 heteroatoms. The highest BCUT2D eigenvalue weighted by Crippen LogP contribution is 2.44. The summed E-state index contributed by atoms with van der Waals surface area (Å²) in [6.07, 6.45) is 0.324. The van der Waals surface area contributed by atoms with Crippen LogP contribution >= 0.6 is 0 Å². The van der Waals surface area contributed by atoms with Crippen molar-refractivity contribution < 1.29 is 19.3 Å². The van der Waals surface area contributed by atoms with E-state index < -0.39 is 34.5 Å². The Labute approximate surface area is 118 Å². The van der Waals surface area contributed by atoms with Crippen molar-refractivity contribution in [1.82, 2.24) is 5.32 Å². The Bertz CT molecular complexity index is 684. The topological polar surface area (TPSA) is 118 Å². The molecule has 1 aromatic rings. The van der Waals surface area contributed by atoms with Crippen LogP contribution in [0.25, 0.3) is 0 Å². The van der Waals surface area contributed by atoms with Gasteiger partial charge in [-0.05, 0) is 12.5 Å². The fourth-order valence-electron chi connectivity index (χ4n) is 2.90. The van der Waals surface area contributed by atoms with Crippen molar-refractivity contribution in [1.29, 1.82) is 0 Å². The van der Waals surface area contributed by atoms with E-state index in [2.05, 4.69) is 10.6 Å². The van der Waals surface area contributed by atoms with Crippen LogP contribution in [0, 0.1) is 16.0 Å². The second-order valence-electron chi connectivity index (χ2n) is 5.02. The summed E-state index contributed by atoms with van der Waals surface area (Å²) in [5, 5.41) is 15.9. The molecule has 2 heterocycles. The summed E-state index contributed by atoms with van der Waals surface area (Å²) < 4.78 is 0. The van der Waals surface area contributed by atoms with Crippen LogP contribution in [-0.4, -0.2) is 22.6 Å². The summed E-state index contributed by atoms with van der Waals surface area (Å²) in [5.41, 5.74) is 0.381. The molecule has 1 aromatic carbocycles. The highest BCUT2D eigenvalue weighted by Gasteiger charge is 2.46. The molecule has 8 nitrogen and oxygen atoms in total. The van der Waals surface area contributed by atoms with E-state index in [4.69, 9.17) is 0 Å². The quantitative estimate of drug-likeness (QED) is 0.471. The molecule has 0 bridgehead atoms. The van der Waals surface area contributed by atoms with Crippen LogP contribution in [0.2, 0.25) is 0 Å². The third-order valence-corrected chi connectivity index (χ3v) is 3.82. The monoisotopic (exact) mass is 289 g/mol. The number of hydrogen-bond donors (Lipinski definition) is 2. The van der Waals surface area contributed by atoms with Crippen molar-refractivity contribution >= 4 is 29.1 Å². The third kappa shape index (κ3) is 2.04. The number of imide groups is 1. The maximum atomic E-state index is 12.1. The molecule has 0 radical (unpaired) electrons. The van der Waals surface area contributed by atoms with Crippen LogP contribution in [0.3, 0.4) is 0 Å². The maximum Gasteiger partial charge on any atom is 0.275 e. The van der Waals surface area contributed by atoms with E-state index >= 15 is 0 Å². The fraction of sp³-hybridized carbons (Fsp3) is 0.308. The van der Waals surface area contributed by atoms with Gasteiger partial charge in [-0.2, -0.15) is 0 Å². The van der Waals surface area contributed by atoms with E-state index in [1.807, 2.05) is 0 Å². The maximum absolute atomic E-state index is 12.1. The molecule has 108 valence electrons. The number of piperidine rings is 1. The van der Waals surface area contributed by atoms with Gasteiger partial charge in [-0.1, -0.05) is 6.07 Å². The van der Waals surface area contributed by atoms with Gasteiger partial charge in [0.05, 0.1) is 28.0 Å². The number of amides is 3. The zero-order chi connectivity index (χ0) is 15.1. The third-order valence-electron chi connectivity index (χ3n) is 3.82. The lowest BCUT2D eigenvalue weighted by Crippen LogP contribution is -2.44. The highest BCUT2D eigenvalue weighted by molar-refractivity contribution is 6.09. The molecule has 2 aliphatic rings. The first-order valence-corrected chi connectivity index (χ1v) is 6.41. The van der Waals surface area contributed by atoms with E-state index in [1.54, 1.807) is 6.07 Å². The van der Waals surface area contributed by atoms with Crippen LogP contribution in [0.15, 0.2) is 18.2 Å². The van der Waals surface area contributed by atoms with Crippen molar-refractivity contribution in [2.75, 3.05) is 5.32 Å². The summed E-state index contributed by atoms with van der Waals surface area (Å²) in [6.45, 7) is 0. The van der Waals surface area contributed by atoms with Crippen molar-refractivity contribution in [2.45, 2.75) is 18.8 Å². The summed E-state index contributed by atoms with van der Waals surface area (Å²) in [4.78, 5) is 45.8. The SMILES string of the molecule is O=C1CCC(C2C(=O)Nc3cccc([N+](=O)[O-])c32)C(=O)N1. The Morgan fingerprint density at radius 1 is 1.14 bits per heavy atom. The number of carbonyl (C=O) groups excluding carboxylic acids is 3. The number of nitrogens with zero attached hydrogens (tertiary/aromatic N) is 1. The van der Waals surface area contributed by atoms with Gasteiger partial charge in [0.15, 0.2) is 0 Å². The lowest BCUT2D eigenvalue weighted by Gasteiger charge is -2.24. The number of anilines is 1. The van der Waals surface area contributed by atoms with Crippen molar-refractivity contribution in [3.8, 4) is 0 Å². The summed E-state index contributed by atoms with van der Waals surface area (Å²) in [5.74, 6) is -3.11.